The molecule has 1 aromatic carbocycles. The molecule has 2 amide bonds. The van der Waals surface area contributed by atoms with E-state index in [0.29, 0.717) is 0 Å². The number of imide groups is 1. The maximum atomic E-state index is 13.0. The van der Waals surface area contributed by atoms with Gasteiger partial charge in [0.15, 0.2) is 5.71 Å². The maximum absolute atomic E-state index is 13.0. The van der Waals surface area contributed by atoms with Crippen molar-refractivity contribution in [1.82, 2.24) is 5.43 Å². The highest BCUT2D eigenvalue weighted by Crippen LogP contribution is 2.39. The molecular weight excluding hydrogens is 293 g/mol. The molecule has 1 atom stereocenters. The minimum atomic E-state index is -1.36. The Morgan fingerprint density at radius 2 is 2.05 bits per heavy atom. The molecule has 3 rings (SSSR count). The molecule has 2 aliphatic rings. The van der Waals surface area contributed by atoms with Crippen LogP contribution in [0.25, 0.3) is 0 Å². The number of halogens is 1. The lowest BCUT2D eigenvalue weighted by atomic mass is 9.81. The lowest BCUT2D eigenvalue weighted by Crippen LogP contribution is -2.45. The number of rotatable bonds is 2. The predicted octanol–water partition coefficient (Wildman–Crippen LogP) is 0.208. The van der Waals surface area contributed by atoms with Gasteiger partial charge < -0.3 is 10.2 Å². The number of esters is 1. The van der Waals surface area contributed by atoms with E-state index in [9.17, 15) is 18.8 Å². The molecule has 1 aromatic rings. The third kappa shape index (κ3) is 1.87. The van der Waals surface area contributed by atoms with Crippen LogP contribution in [-0.4, -0.2) is 37.1 Å². The van der Waals surface area contributed by atoms with Gasteiger partial charge in [0.25, 0.3) is 0 Å². The minimum Gasteiger partial charge on any atom is -0.464 e. The van der Waals surface area contributed by atoms with Crippen molar-refractivity contribution in [2.24, 2.45) is 10.5 Å². The van der Waals surface area contributed by atoms with Crippen LogP contribution in [0.3, 0.4) is 0 Å². The smallest absolute Gasteiger partial charge is 0.355 e. The number of nitrogens with zero attached hydrogens (tertiary/aromatic N) is 2. The number of carbonyl (C=O) groups is 3. The van der Waals surface area contributed by atoms with E-state index in [1.54, 1.807) is 0 Å². The van der Waals surface area contributed by atoms with Crippen LogP contribution in [0.2, 0.25) is 0 Å². The second-order valence-corrected chi connectivity index (χ2v) is 5.06. The number of benzene rings is 1. The van der Waals surface area contributed by atoms with E-state index in [-0.39, 0.29) is 24.4 Å². The second-order valence-electron chi connectivity index (χ2n) is 5.06. The van der Waals surface area contributed by atoms with Gasteiger partial charge in [-0.2, -0.15) is 5.10 Å². The van der Waals surface area contributed by atoms with E-state index < -0.39 is 29.0 Å². The van der Waals surface area contributed by atoms with Crippen LogP contribution >= 0.6 is 0 Å². The zero-order valence-corrected chi connectivity index (χ0v) is 11.6. The third-order valence-corrected chi connectivity index (χ3v) is 3.80. The molecule has 1 saturated heterocycles. The lowest BCUT2D eigenvalue weighted by molar-refractivity contribution is -0.134. The Balaban J connectivity index is 2.00. The lowest BCUT2D eigenvalue weighted by Gasteiger charge is -2.21. The number of nitrogens with one attached hydrogen (secondary N) is 1. The van der Waals surface area contributed by atoms with Crippen molar-refractivity contribution < 1.29 is 23.5 Å². The van der Waals surface area contributed by atoms with Gasteiger partial charge in [-0.1, -0.05) is 0 Å². The van der Waals surface area contributed by atoms with Gasteiger partial charge in [0.05, 0.1) is 19.3 Å². The molecule has 2 aliphatic heterocycles. The molecule has 1 fully saturated rings. The summed E-state index contributed by atoms with van der Waals surface area (Å²) >= 11 is 0. The maximum Gasteiger partial charge on any atom is 0.355 e. The van der Waals surface area contributed by atoms with Crippen LogP contribution < -0.4 is 10.3 Å². The fraction of sp³-hybridized carbons (Fsp3) is 0.286. The van der Waals surface area contributed by atoms with Crippen LogP contribution in [0.4, 0.5) is 10.1 Å². The first-order chi connectivity index (χ1) is 10.5. The molecule has 2 heterocycles. The van der Waals surface area contributed by atoms with Gasteiger partial charge in [0.2, 0.25) is 11.8 Å². The second kappa shape index (κ2) is 4.90. The van der Waals surface area contributed by atoms with E-state index in [1.165, 1.54) is 19.2 Å². The number of carbonyl (C=O) groups excluding carboxylic acids is 3. The van der Waals surface area contributed by atoms with E-state index >= 15 is 0 Å². The van der Waals surface area contributed by atoms with Gasteiger partial charge in [0.1, 0.15) is 11.2 Å². The Hall–Kier alpha value is -2.77. The van der Waals surface area contributed by atoms with Gasteiger partial charge in [-0.3, -0.25) is 9.59 Å². The van der Waals surface area contributed by atoms with E-state index in [1.807, 2.05) is 0 Å². The number of ether oxygens (including phenoxy) is 1. The van der Waals surface area contributed by atoms with Crippen LogP contribution in [0.1, 0.15) is 6.42 Å². The average Bonchev–Trinajstić information content (AvgIpc) is 3.03. The summed E-state index contributed by atoms with van der Waals surface area (Å²) < 4.78 is 17.6. The monoisotopic (exact) mass is 305 g/mol. The van der Waals surface area contributed by atoms with E-state index in [4.69, 9.17) is 0 Å². The first-order valence-corrected chi connectivity index (χ1v) is 6.52. The van der Waals surface area contributed by atoms with Crippen LogP contribution in [-0.2, 0) is 19.1 Å². The first kappa shape index (κ1) is 14.2. The number of hydrogen-bond donors (Lipinski definition) is 1. The van der Waals surface area contributed by atoms with Gasteiger partial charge >= 0.3 is 5.97 Å². The Bertz CT molecular complexity index is 701. The van der Waals surface area contributed by atoms with Crippen molar-refractivity contribution in [2.45, 2.75) is 6.42 Å². The number of amides is 2. The summed E-state index contributed by atoms with van der Waals surface area (Å²) in [4.78, 5) is 37.7. The van der Waals surface area contributed by atoms with Gasteiger partial charge in [-0.05, 0) is 24.3 Å². The van der Waals surface area contributed by atoms with Crippen molar-refractivity contribution in [1.29, 1.82) is 0 Å². The summed E-state index contributed by atoms with van der Waals surface area (Å²) in [5.74, 6) is -2.28. The highest BCUT2D eigenvalue weighted by molar-refractivity contribution is 6.47. The Labute approximate surface area is 124 Å². The summed E-state index contributed by atoms with van der Waals surface area (Å²) in [6.07, 6.45) is -0.190. The Morgan fingerprint density at radius 3 is 2.68 bits per heavy atom. The molecule has 0 aromatic heterocycles. The van der Waals surface area contributed by atoms with Crippen molar-refractivity contribution in [2.75, 3.05) is 18.6 Å². The Morgan fingerprint density at radius 1 is 1.36 bits per heavy atom. The number of methoxy groups -OCH3 is 1. The number of anilines is 1. The van der Waals surface area contributed by atoms with Crippen LogP contribution in [0, 0.1) is 11.2 Å². The molecule has 22 heavy (non-hydrogen) atoms. The largest absolute Gasteiger partial charge is 0.464 e. The molecular formula is C14H12FN3O4. The first-order valence-electron chi connectivity index (χ1n) is 6.52. The van der Waals surface area contributed by atoms with E-state index in [2.05, 4.69) is 15.3 Å². The van der Waals surface area contributed by atoms with Gasteiger partial charge in [-0.15, -0.1) is 0 Å². The van der Waals surface area contributed by atoms with Crippen LogP contribution in [0.15, 0.2) is 29.4 Å². The highest BCUT2D eigenvalue weighted by Gasteiger charge is 2.59. The summed E-state index contributed by atoms with van der Waals surface area (Å²) in [6.45, 7) is 0.0414. The topological polar surface area (TPSA) is 88.1 Å². The standard InChI is InChI=1S/C14H12FN3O4/c1-22-12(20)11-14(7-16-17-11)6-10(19)18(13(14)21)9-4-2-8(15)3-5-9/h2-5,16H,6-7H2,1H3. The Kier molecular flexibility index (Phi) is 3.16. The fourth-order valence-corrected chi connectivity index (χ4v) is 2.70. The van der Waals surface area contributed by atoms with Crippen molar-refractivity contribution in [3.05, 3.63) is 30.1 Å². The molecule has 8 heteroatoms. The normalized spacial score (nSPS) is 23.7. The molecule has 0 radical (unpaired) electrons. The van der Waals surface area contributed by atoms with Crippen molar-refractivity contribution in [3.8, 4) is 0 Å². The molecule has 114 valence electrons. The molecule has 1 N–H and O–H groups in total. The summed E-state index contributed by atoms with van der Waals surface area (Å²) in [5, 5.41) is 3.80. The minimum absolute atomic E-state index is 0.0414. The number of hydrazone groups is 1. The molecule has 0 aliphatic carbocycles. The molecule has 1 spiro atoms. The number of hydrogen-bond acceptors (Lipinski definition) is 6. The molecule has 1 unspecified atom stereocenters. The van der Waals surface area contributed by atoms with Crippen LogP contribution in [0.5, 0.6) is 0 Å². The SMILES string of the molecule is COC(=O)C1=NNCC12CC(=O)N(c1ccc(F)cc1)C2=O. The summed E-state index contributed by atoms with van der Waals surface area (Å²) in [6, 6.07) is 4.98. The molecule has 7 nitrogen and oxygen atoms in total. The molecule has 0 bridgehead atoms. The highest BCUT2D eigenvalue weighted by atomic mass is 19.1. The molecule has 0 saturated carbocycles. The summed E-state index contributed by atoms with van der Waals surface area (Å²) in [7, 11) is 1.18. The average molecular weight is 305 g/mol. The zero-order valence-electron chi connectivity index (χ0n) is 11.6. The van der Waals surface area contributed by atoms with Crippen molar-refractivity contribution in [3.63, 3.8) is 0 Å². The predicted molar refractivity (Wildman–Crippen MR) is 73.4 cm³/mol. The quantitative estimate of drug-likeness (QED) is 0.623. The van der Waals surface area contributed by atoms with E-state index in [0.717, 1.165) is 17.0 Å². The van der Waals surface area contributed by atoms with Gasteiger partial charge in [0, 0.05) is 6.42 Å². The van der Waals surface area contributed by atoms with Crippen molar-refractivity contribution >= 4 is 29.2 Å². The third-order valence-electron chi connectivity index (χ3n) is 3.80. The fourth-order valence-electron chi connectivity index (χ4n) is 2.70. The summed E-state index contributed by atoms with van der Waals surface area (Å²) in [5.41, 5.74) is 1.36. The zero-order chi connectivity index (χ0) is 15.9. The van der Waals surface area contributed by atoms with Gasteiger partial charge in [-0.25, -0.2) is 14.1 Å².